The van der Waals surface area contributed by atoms with Gasteiger partial charge in [-0.15, -0.1) is 5.10 Å². The highest BCUT2D eigenvalue weighted by Crippen LogP contribution is 2.45. The molecule has 198 valence electrons. The first kappa shape index (κ1) is 25.9. The molecule has 9 nitrogen and oxygen atoms in total. The van der Waals surface area contributed by atoms with Crippen LogP contribution in [-0.4, -0.2) is 48.8 Å². The topological polar surface area (TPSA) is 109 Å². The van der Waals surface area contributed by atoms with E-state index in [1.165, 1.54) is 22.5 Å². The number of rotatable bonds is 5. The van der Waals surface area contributed by atoms with E-state index in [1.54, 1.807) is 26.0 Å². The van der Waals surface area contributed by atoms with E-state index in [0.29, 0.717) is 35.1 Å². The van der Waals surface area contributed by atoms with Crippen LogP contribution in [0.3, 0.4) is 0 Å². The molecule has 0 bridgehead atoms. The van der Waals surface area contributed by atoms with Crippen LogP contribution in [0.2, 0.25) is 5.02 Å². The minimum atomic E-state index is -4.14. The average molecular weight is 551 g/mol. The van der Waals surface area contributed by atoms with Gasteiger partial charge in [0.25, 0.3) is 0 Å². The maximum absolute atomic E-state index is 15.2. The SMILES string of the molecule is Cc1ccc(F)c([C@@H](C)[C@@H](c2n[nH]c(=O)o2)N2CN([C@H]3CCCOC3)c3cc(Cl)ccc3S2(=O)=O)c1C. The van der Waals surface area contributed by atoms with Gasteiger partial charge < -0.3 is 14.1 Å². The number of aromatic amines is 1. The van der Waals surface area contributed by atoms with E-state index in [1.807, 2.05) is 11.8 Å². The van der Waals surface area contributed by atoms with E-state index in [4.69, 9.17) is 20.8 Å². The summed E-state index contributed by atoms with van der Waals surface area (Å²) in [7, 11) is -4.14. The fourth-order valence-electron chi connectivity index (χ4n) is 5.36. The molecule has 3 atom stereocenters. The Morgan fingerprint density at radius 2 is 2.03 bits per heavy atom. The van der Waals surface area contributed by atoms with Gasteiger partial charge in [0.2, 0.25) is 15.9 Å². The van der Waals surface area contributed by atoms with E-state index in [9.17, 15) is 13.2 Å². The van der Waals surface area contributed by atoms with Crippen LogP contribution >= 0.6 is 11.6 Å². The van der Waals surface area contributed by atoms with E-state index >= 15 is 4.39 Å². The van der Waals surface area contributed by atoms with Gasteiger partial charge in [0.05, 0.1) is 25.0 Å². The fourth-order valence-corrected chi connectivity index (χ4v) is 7.30. The molecule has 3 heterocycles. The highest BCUT2D eigenvalue weighted by Gasteiger charge is 2.46. The molecule has 1 fully saturated rings. The number of hydrogen-bond donors (Lipinski definition) is 1. The smallest absolute Gasteiger partial charge is 0.391 e. The molecule has 1 N–H and O–H groups in total. The summed E-state index contributed by atoms with van der Waals surface area (Å²) in [4.78, 5) is 14.0. The number of aryl methyl sites for hydroxylation is 1. The first-order valence-corrected chi connectivity index (χ1v) is 13.9. The van der Waals surface area contributed by atoms with E-state index < -0.39 is 33.6 Å². The summed E-state index contributed by atoms with van der Waals surface area (Å²) < 4.78 is 55.7. The van der Waals surface area contributed by atoms with Gasteiger partial charge in [-0.3, -0.25) is 0 Å². The average Bonchev–Trinajstić information content (AvgIpc) is 3.29. The Hall–Kier alpha value is -2.73. The zero-order valence-electron chi connectivity index (χ0n) is 20.7. The van der Waals surface area contributed by atoms with Crippen LogP contribution in [0.5, 0.6) is 0 Å². The van der Waals surface area contributed by atoms with Gasteiger partial charge in [0.15, 0.2) is 0 Å². The zero-order valence-corrected chi connectivity index (χ0v) is 22.3. The molecule has 0 saturated carbocycles. The van der Waals surface area contributed by atoms with E-state index in [0.717, 1.165) is 18.4 Å². The van der Waals surface area contributed by atoms with Gasteiger partial charge in [-0.25, -0.2) is 22.7 Å². The Morgan fingerprint density at radius 3 is 2.70 bits per heavy atom. The maximum atomic E-state index is 15.2. The summed E-state index contributed by atoms with van der Waals surface area (Å²) >= 11 is 6.28. The van der Waals surface area contributed by atoms with Crippen LogP contribution in [0.4, 0.5) is 10.1 Å². The number of aromatic nitrogens is 2. The van der Waals surface area contributed by atoms with Crippen molar-refractivity contribution < 1.29 is 22.0 Å². The molecule has 5 rings (SSSR count). The minimum absolute atomic E-state index is 0.0604. The molecule has 0 amide bonds. The Balaban J connectivity index is 1.70. The van der Waals surface area contributed by atoms with Gasteiger partial charge in [-0.2, -0.15) is 4.31 Å². The van der Waals surface area contributed by atoms with Crippen molar-refractivity contribution in [2.75, 3.05) is 24.8 Å². The first-order chi connectivity index (χ1) is 17.6. The molecule has 37 heavy (non-hydrogen) atoms. The van der Waals surface area contributed by atoms with Crippen molar-refractivity contribution in [3.63, 3.8) is 0 Å². The van der Waals surface area contributed by atoms with E-state index in [-0.39, 0.29) is 23.5 Å². The molecule has 0 unspecified atom stereocenters. The zero-order chi connectivity index (χ0) is 26.5. The third-order valence-electron chi connectivity index (χ3n) is 7.37. The third kappa shape index (κ3) is 4.58. The first-order valence-electron chi connectivity index (χ1n) is 12.1. The lowest BCUT2D eigenvalue weighted by Gasteiger charge is -2.45. The predicted molar refractivity (Wildman–Crippen MR) is 136 cm³/mol. The lowest BCUT2D eigenvalue weighted by atomic mass is 9.87. The number of ether oxygens (including phenoxy) is 1. The van der Waals surface area contributed by atoms with Crippen molar-refractivity contribution >= 4 is 27.3 Å². The van der Waals surface area contributed by atoms with Crippen LogP contribution < -0.4 is 10.7 Å². The number of anilines is 1. The monoisotopic (exact) mass is 550 g/mol. The van der Waals surface area contributed by atoms with Gasteiger partial charge in [0.1, 0.15) is 16.8 Å². The van der Waals surface area contributed by atoms with Crippen molar-refractivity contribution in [3.05, 3.63) is 74.3 Å². The predicted octanol–water partition coefficient (Wildman–Crippen LogP) is 4.26. The molecule has 0 radical (unpaired) electrons. The summed E-state index contributed by atoms with van der Waals surface area (Å²) in [6.45, 7) is 6.33. The van der Waals surface area contributed by atoms with Gasteiger partial charge in [-0.1, -0.05) is 24.6 Å². The summed E-state index contributed by atoms with van der Waals surface area (Å²) in [5, 5.41) is 6.63. The Kier molecular flexibility index (Phi) is 6.90. The molecular formula is C25H28ClFN4O5S. The molecule has 2 aromatic carbocycles. The molecule has 2 aliphatic heterocycles. The second-order valence-electron chi connectivity index (χ2n) is 9.57. The molecule has 0 aliphatic carbocycles. The number of nitrogens with one attached hydrogen (secondary N) is 1. The van der Waals surface area contributed by atoms with Crippen molar-refractivity contribution in [1.82, 2.24) is 14.5 Å². The van der Waals surface area contributed by atoms with Gasteiger partial charge in [-0.05, 0) is 67.6 Å². The second-order valence-corrected chi connectivity index (χ2v) is 11.9. The standard InChI is InChI=1S/C25H28ClFN4O5S/c1-14-6-8-19(27)22(15(14)2)16(3)23(24-28-29-25(32)36-24)31-13-30(18-5-4-10-35-12-18)20-11-17(26)7-9-21(20)37(31,33)34/h6-9,11,16,18,23H,4-5,10,12-13H2,1-3H3,(H,29,32)/t16-,18+,23+/m1/s1. The highest BCUT2D eigenvalue weighted by atomic mass is 35.5. The number of benzene rings is 2. The summed E-state index contributed by atoms with van der Waals surface area (Å²) in [5.41, 5.74) is 2.36. The van der Waals surface area contributed by atoms with Gasteiger partial charge in [0, 0.05) is 17.5 Å². The van der Waals surface area contributed by atoms with Crippen molar-refractivity contribution in [2.24, 2.45) is 0 Å². The van der Waals surface area contributed by atoms with Crippen LogP contribution in [0.1, 0.15) is 54.3 Å². The second kappa shape index (κ2) is 9.86. The highest BCUT2D eigenvalue weighted by molar-refractivity contribution is 7.89. The van der Waals surface area contributed by atoms with Crippen LogP contribution in [-0.2, 0) is 14.8 Å². The molecule has 2 aliphatic rings. The summed E-state index contributed by atoms with van der Waals surface area (Å²) in [6, 6.07) is 6.44. The summed E-state index contributed by atoms with van der Waals surface area (Å²) in [5.74, 6) is -2.19. The molecule has 12 heteroatoms. The van der Waals surface area contributed by atoms with Crippen molar-refractivity contribution in [3.8, 4) is 0 Å². The van der Waals surface area contributed by atoms with Crippen molar-refractivity contribution in [2.45, 2.75) is 56.5 Å². The number of halogens is 2. The Bertz CT molecular complexity index is 1480. The maximum Gasteiger partial charge on any atom is 0.434 e. The van der Waals surface area contributed by atoms with E-state index in [2.05, 4.69) is 10.2 Å². The third-order valence-corrected chi connectivity index (χ3v) is 9.46. The van der Waals surface area contributed by atoms with Crippen LogP contribution in [0, 0.1) is 19.7 Å². The normalized spacial score (nSPS) is 21.4. The quantitative estimate of drug-likeness (QED) is 0.505. The van der Waals surface area contributed by atoms with Crippen LogP contribution in [0.15, 0.2) is 44.4 Å². The lowest BCUT2D eigenvalue weighted by Crippen LogP contribution is -2.54. The van der Waals surface area contributed by atoms with Crippen LogP contribution in [0.25, 0.3) is 0 Å². The van der Waals surface area contributed by atoms with Gasteiger partial charge >= 0.3 is 5.76 Å². The number of hydrogen-bond acceptors (Lipinski definition) is 7. The lowest BCUT2D eigenvalue weighted by molar-refractivity contribution is 0.0749. The number of sulfonamides is 1. The largest absolute Gasteiger partial charge is 0.434 e. The molecule has 1 saturated heterocycles. The summed E-state index contributed by atoms with van der Waals surface area (Å²) in [6.07, 6.45) is 1.62. The number of nitrogens with zero attached hydrogens (tertiary/aromatic N) is 3. The molecule has 0 spiro atoms. The fraction of sp³-hybridized carbons (Fsp3) is 0.440. The Labute approximate surface area is 219 Å². The number of fused-ring (bicyclic) bond motifs is 1. The number of H-pyrrole nitrogens is 1. The Morgan fingerprint density at radius 1 is 1.24 bits per heavy atom. The molecular weight excluding hydrogens is 523 g/mol. The molecule has 3 aromatic rings. The minimum Gasteiger partial charge on any atom is -0.391 e. The molecule has 1 aromatic heterocycles. The van der Waals surface area contributed by atoms with Crippen molar-refractivity contribution in [1.29, 1.82) is 0 Å².